The Hall–Kier alpha value is -1.72. The van der Waals surface area contributed by atoms with Gasteiger partial charge in [-0.05, 0) is 19.4 Å². The Labute approximate surface area is 122 Å². The number of carboxylic acid groups (broad SMARTS) is 1. The Kier molecular flexibility index (Phi) is 4.20. The number of carboxylic acids is 1. The van der Waals surface area contributed by atoms with Gasteiger partial charge in [-0.2, -0.15) is 0 Å². The number of nitrogens with zero attached hydrogens (tertiary/aromatic N) is 1. The molecule has 2 aromatic rings. The molecule has 3 N–H and O–H groups in total. The second kappa shape index (κ2) is 5.73. The van der Waals surface area contributed by atoms with Gasteiger partial charge in [-0.3, -0.25) is 4.79 Å². The van der Waals surface area contributed by atoms with Crippen molar-refractivity contribution in [3.8, 4) is 0 Å². The van der Waals surface area contributed by atoms with Gasteiger partial charge >= 0.3 is 5.97 Å². The molecular formula is C15H18N2O2S. The van der Waals surface area contributed by atoms with E-state index in [1.54, 1.807) is 0 Å². The number of benzene rings is 1. The minimum Gasteiger partial charge on any atom is -0.481 e. The van der Waals surface area contributed by atoms with Gasteiger partial charge in [0, 0.05) is 24.0 Å². The molecule has 20 heavy (non-hydrogen) atoms. The van der Waals surface area contributed by atoms with Crippen molar-refractivity contribution in [2.24, 2.45) is 5.73 Å². The van der Waals surface area contributed by atoms with E-state index in [1.807, 2.05) is 43.5 Å². The van der Waals surface area contributed by atoms with E-state index in [0.717, 1.165) is 21.8 Å². The van der Waals surface area contributed by atoms with Crippen LogP contribution in [0.1, 0.15) is 21.8 Å². The van der Waals surface area contributed by atoms with Crippen LogP contribution in [-0.2, 0) is 16.6 Å². The molecule has 1 aromatic carbocycles. The van der Waals surface area contributed by atoms with Crippen molar-refractivity contribution in [3.05, 3.63) is 51.5 Å². The molecule has 1 atom stereocenters. The van der Waals surface area contributed by atoms with Gasteiger partial charge in [0.05, 0.1) is 5.01 Å². The van der Waals surface area contributed by atoms with Gasteiger partial charge in [0.25, 0.3) is 0 Å². The fourth-order valence-corrected chi connectivity index (χ4v) is 3.15. The quantitative estimate of drug-likeness (QED) is 0.885. The average molecular weight is 290 g/mol. The summed E-state index contributed by atoms with van der Waals surface area (Å²) in [6.07, 6.45) is 0.320. The van der Waals surface area contributed by atoms with Crippen molar-refractivity contribution < 1.29 is 9.90 Å². The van der Waals surface area contributed by atoms with Crippen LogP contribution in [0.3, 0.4) is 0 Å². The van der Waals surface area contributed by atoms with Crippen LogP contribution < -0.4 is 5.73 Å². The number of hydrogen-bond acceptors (Lipinski definition) is 4. The van der Waals surface area contributed by atoms with Crippen molar-refractivity contribution in [1.29, 1.82) is 0 Å². The van der Waals surface area contributed by atoms with Crippen molar-refractivity contribution in [2.45, 2.75) is 25.7 Å². The summed E-state index contributed by atoms with van der Waals surface area (Å²) < 4.78 is 0. The summed E-state index contributed by atoms with van der Waals surface area (Å²) in [6.45, 7) is 3.89. The third-order valence-corrected chi connectivity index (χ3v) is 4.41. The van der Waals surface area contributed by atoms with E-state index in [9.17, 15) is 9.90 Å². The first-order chi connectivity index (χ1) is 9.48. The highest BCUT2D eigenvalue weighted by Gasteiger charge is 2.40. The Morgan fingerprint density at radius 1 is 1.45 bits per heavy atom. The third-order valence-electron chi connectivity index (χ3n) is 3.45. The third kappa shape index (κ3) is 2.73. The molecule has 106 valence electrons. The zero-order valence-corrected chi connectivity index (χ0v) is 12.4. The van der Waals surface area contributed by atoms with Gasteiger partial charge in [-0.15, -0.1) is 11.3 Å². The minimum absolute atomic E-state index is 0.0460. The number of nitrogens with two attached hydrogens (primary N) is 1. The van der Waals surface area contributed by atoms with E-state index in [-0.39, 0.29) is 6.54 Å². The van der Waals surface area contributed by atoms with Crippen molar-refractivity contribution >= 4 is 17.3 Å². The average Bonchev–Trinajstić information content (AvgIpc) is 2.81. The van der Waals surface area contributed by atoms with Gasteiger partial charge in [0.15, 0.2) is 0 Å². The maximum atomic E-state index is 11.9. The Morgan fingerprint density at radius 2 is 2.20 bits per heavy atom. The second-order valence-electron chi connectivity index (χ2n) is 5.02. The van der Waals surface area contributed by atoms with Crippen LogP contribution >= 0.6 is 11.3 Å². The predicted octanol–water partition coefficient (Wildman–Crippen LogP) is 2.28. The molecule has 0 radical (unpaired) electrons. The molecule has 1 aromatic heterocycles. The molecule has 0 saturated heterocycles. The molecule has 2 rings (SSSR count). The van der Waals surface area contributed by atoms with Crippen molar-refractivity contribution in [2.75, 3.05) is 6.54 Å². The topological polar surface area (TPSA) is 76.2 Å². The summed E-state index contributed by atoms with van der Waals surface area (Å²) in [5.74, 6) is -0.904. The maximum absolute atomic E-state index is 11.9. The maximum Gasteiger partial charge on any atom is 0.315 e. The molecule has 0 aliphatic carbocycles. The van der Waals surface area contributed by atoms with Crippen molar-refractivity contribution in [1.82, 2.24) is 4.98 Å². The van der Waals surface area contributed by atoms with Crippen LogP contribution in [0.2, 0.25) is 0 Å². The van der Waals surface area contributed by atoms with E-state index in [4.69, 9.17) is 5.73 Å². The monoisotopic (exact) mass is 290 g/mol. The van der Waals surface area contributed by atoms with Crippen LogP contribution in [0.25, 0.3) is 0 Å². The summed E-state index contributed by atoms with van der Waals surface area (Å²) in [5, 5.41) is 12.5. The molecule has 0 amide bonds. The zero-order valence-electron chi connectivity index (χ0n) is 11.6. The standard InChI is InChI=1S/C15H18N2O2S/c1-10-4-3-5-12(6-10)15(9-16,14(18)19)7-13-17-11(2)8-20-13/h3-6,8H,7,9,16H2,1-2H3,(H,18,19). The lowest BCUT2D eigenvalue weighted by Crippen LogP contribution is -2.45. The highest BCUT2D eigenvalue weighted by atomic mass is 32.1. The SMILES string of the molecule is Cc1cccc(C(CN)(Cc2nc(C)cs2)C(=O)O)c1. The lowest BCUT2D eigenvalue weighted by atomic mass is 9.77. The largest absolute Gasteiger partial charge is 0.481 e. The number of hydrogen-bond donors (Lipinski definition) is 2. The summed E-state index contributed by atoms with van der Waals surface area (Å²) in [6, 6.07) is 7.53. The molecule has 0 spiro atoms. The fraction of sp³-hybridized carbons (Fsp3) is 0.333. The first kappa shape index (κ1) is 14.7. The predicted molar refractivity (Wildman–Crippen MR) is 80.1 cm³/mol. The van der Waals surface area contributed by atoms with Crippen LogP contribution in [0.4, 0.5) is 0 Å². The molecule has 0 bridgehead atoms. The first-order valence-corrected chi connectivity index (χ1v) is 7.27. The van der Waals surface area contributed by atoms with Gasteiger partial charge in [0.1, 0.15) is 5.41 Å². The molecule has 0 aliphatic heterocycles. The van der Waals surface area contributed by atoms with Gasteiger partial charge < -0.3 is 10.8 Å². The summed E-state index contributed by atoms with van der Waals surface area (Å²) >= 11 is 1.48. The Morgan fingerprint density at radius 3 is 2.70 bits per heavy atom. The molecule has 1 unspecified atom stereocenters. The highest BCUT2D eigenvalue weighted by Crippen LogP contribution is 2.30. The minimum atomic E-state index is -1.11. The number of thiazole rings is 1. The van der Waals surface area contributed by atoms with Crippen LogP contribution in [-0.4, -0.2) is 22.6 Å². The van der Waals surface area contributed by atoms with E-state index >= 15 is 0 Å². The zero-order chi connectivity index (χ0) is 14.8. The number of aryl methyl sites for hydroxylation is 2. The van der Waals surface area contributed by atoms with Gasteiger partial charge in [-0.25, -0.2) is 4.98 Å². The number of carbonyl (C=O) groups is 1. The number of aromatic nitrogens is 1. The smallest absolute Gasteiger partial charge is 0.315 e. The van der Waals surface area contributed by atoms with Gasteiger partial charge in [0.2, 0.25) is 0 Å². The van der Waals surface area contributed by atoms with Crippen LogP contribution in [0.5, 0.6) is 0 Å². The first-order valence-electron chi connectivity index (χ1n) is 6.39. The molecule has 4 nitrogen and oxygen atoms in total. The fourth-order valence-electron chi connectivity index (χ4n) is 2.26. The van der Waals surface area contributed by atoms with Gasteiger partial charge in [-0.1, -0.05) is 29.8 Å². The van der Waals surface area contributed by atoms with E-state index in [2.05, 4.69) is 4.98 Å². The molecule has 1 heterocycles. The summed E-state index contributed by atoms with van der Waals surface area (Å²) in [7, 11) is 0. The molecule has 0 saturated carbocycles. The molecular weight excluding hydrogens is 272 g/mol. The molecule has 5 heteroatoms. The van der Waals surface area contributed by atoms with Crippen LogP contribution in [0, 0.1) is 13.8 Å². The number of rotatable bonds is 5. The lowest BCUT2D eigenvalue weighted by molar-refractivity contribution is -0.143. The second-order valence-corrected chi connectivity index (χ2v) is 5.96. The summed E-state index contributed by atoms with van der Waals surface area (Å²) in [4.78, 5) is 16.2. The van der Waals surface area contributed by atoms with Crippen molar-refractivity contribution in [3.63, 3.8) is 0 Å². The Balaban J connectivity index is 2.47. The van der Waals surface area contributed by atoms with E-state index in [1.165, 1.54) is 11.3 Å². The molecule has 0 fully saturated rings. The number of aliphatic carboxylic acids is 1. The normalized spacial score (nSPS) is 13.9. The van der Waals surface area contributed by atoms with E-state index in [0.29, 0.717) is 6.42 Å². The summed E-state index contributed by atoms with van der Waals surface area (Å²) in [5.41, 5.74) is 7.40. The highest BCUT2D eigenvalue weighted by molar-refractivity contribution is 7.09. The Bertz CT molecular complexity index is 624. The van der Waals surface area contributed by atoms with E-state index < -0.39 is 11.4 Å². The lowest BCUT2D eigenvalue weighted by Gasteiger charge is -2.28. The molecule has 0 aliphatic rings. The van der Waals surface area contributed by atoms with Crippen LogP contribution in [0.15, 0.2) is 29.6 Å².